The summed E-state index contributed by atoms with van der Waals surface area (Å²) in [6.45, 7) is 6.31. The third kappa shape index (κ3) is 3.13. The first-order valence-electron chi connectivity index (χ1n) is 8.28. The van der Waals surface area contributed by atoms with E-state index >= 15 is 0 Å². The first kappa shape index (κ1) is 14.6. The molecule has 2 atom stereocenters. The summed E-state index contributed by atoms with van der Waals surface area (Å²) in [7, 11) is 0. The van der Waals surface area contributed by atoms with Gasteiger partial charge in [0.15, 0.2) is 0 Å². The molecule has 0 radical (unpaired) electrons. The van der Waals surface area contributed by atoms with Crippen LogP contribution in [0.4, 0.5) is 5.69 Å². The standard InChI is InChI=1S/C18H26N2O/c1-13-7-8-17-15(11-13)6-4-10-20(17)18(21)12-16-14(2)5-3-9-19-16/h7-8,11,14,16,19H,3-6,9-10,12H2,1-2H3. The lowest BCUT2D eigenvalue weighted by atomic mass is 9.90. The van der Waals surface area contributed by atoms with Gasteiger partial charge in [0, 0.05) is 24.7 Å². The highest BCUT2D eigenvalue weighted by atomic mass is 16.2. The summed E-state index contributed by atoms with van der Waals surface area (Å²) in [6, 6.07) is 6.82. The second-order valence-corrected chi connectivity index (χ2v) is 6.67. The van der Waals surface area contributed by atoms with Crippen molar-refractivity contribution in [1.82, 2.24) is 5.32 Å². The number of rotatable bonds is 2. The number of nitrogens with zero attached hydrogens (tertiary/aromatic N) is 1. The molecule has 1 fully saturated rings. The minimum Gasteiger partial charge on any atom is -0.313 e. The predicted molar refractivity (Wildman–Crippen MR) is 86.7 cm³/mol. The number of carbonyl (C=O) groups excluding carboxylic acids is 1. The van der Waals surface area contributed by atoms with Gasteiger partial charge in [-0.2, -0.15) is 0 Å². The van der Waals surface area contributed by atoms with Crippen LogP contribution < -0.4 is 10.2 Å². The van der Waals surface area contributed by atoms with Crippen molar-refractivity contribution in [2.45, 2.75) is 52.0 Å². The quantitative estimate of drug-likeness (QED) is 0.906. The van der Waals surface area contributed by atoms with Gasteiger partial charge >= 0.3 is 0 Å². The van der Waals surface area contributed by atoms with E-state index in [9.17, 15) is 4.79 Å². The molecule has 1 aromatic carbocycles. The maximum atomic E-state index is 12.7. The first-order valence-corrected chi connectivity index (χ1v) is 8.28. The lowest BCUT2D eigenvalue weighted by Gasteiger charge is -2.34. The zero-order chi connectivity index (χ0) is 14.8. The third-order valence-corrected chi connectivity index (χ3v) is 4.98. The fourth-order valence-electron chi connectivity index (χ4n) is 3.67. The number of aryl methyl sites for hydroxylation is 2. The smallest absolute Gasteiger partial charge is 0.228 e. The summed E-state index contributed by atoms with van der Waals surface area (Å²) in [5.41, 5.74) is 3.75. The number of hydrogen-bond acceptors (Lipinski definition) is 2. The van der Waals surface area contributed by atoms with E-state index in [4.69, 9.17) is 0 Å². The maximum Gasteiger partial charge on any atom is 0.228 e. The fourth-order valence-corrected chi connectivity index (χ4v) is 3.67. The number of piperidine rings is 1. The van der Waals surface area contributed by atoms with E-state index in [2.05, 4.69) is 37.4 Å². The van der Waals surface area contributed by atoms with E-state index in [1.165, 1.54) is 24.0 Å². The molecule has 1 amide bonds. The first-order chi connectivity index (χ1) is 10.1. The monoisotopic (exact) mass is 286 g/mol. The van der Waals surface area contributed by atoms with Gasteiger partial charge in [-0.3, -0.25) is 4.79 Å². The topological polar surface area (TPSA) is 32.3 Å². The summed E-state index contributed by atoms with van der Waals surface area (Å²) in [5.74, 6) is 0.885. The van der Waals surface area contributed by atoms with Gasteiger partial charge in [0.1, 0.15) is 0 Å². The molecule has 0 aliphatic carbocycles. The van der Waals surface area contributed by atoms with E-state index in [0.29, 0.717) is 18.4 Å². The molecule has 0 aromatic heterocycles. The van der Waals surface area contributed by atoms with Crippen LogP contribution in [0.25, 0.3) is 0 Å². The van der Waals surface area contributed by atoms with E-state index in [0.717, 1.165) is 31.6 Å². The maximum absolute atomic E-state index is 12.7. The van der Waals surface area contributed by atoms with Crippen molar-refractivity contribution in [1.29, 1.82) is 0 Å². The molecule has 2 aliphatic heterocycles. The Morgan fingerprint density at radius 2 is 2.24 bits per heavy atom. The summed E-state index contributed by atoms with van der Waals surface area (Å²) in [6.07, 6.45) is 5.28. The van der Waals surface area contributed by atoms with Crippen LogP contribution >= 0.6 is 0 Å². The molecule has 1 saturated heterocycles. The van der Waals surface area contributed by atoms with Crippen molar-refractivity contribution < 1.29 is 4.79 Å². The van der Waals surface area contributed by atoms with Crippen molar-refractivity contribution in [3.8, 4) is 0 Å². The number of amides is 1. The van der Waals surface area contributed by atoms with Crippen molar-refractivity contribution in [2.24, 2.45) is 5.92 Å². The molecule has 3 nitrogen and oxygen atoms in total. The van der Waals surface area contributed by atoms with Gasteiger partial charge in [-0.05, 0) is 56.7 Å². The molecule has 114 valence electrons. The van der Waals surface area contributed by atoms with E-state index in [-0.39, 0.29) is 5.91 Å². The summed E-state index contributed by atoms with van der Waals surface area (Å²) >= 11 is 0. The number of hydrogen-bond donors (Lipinski definition) is 1. The van der Waals surface area contributed by atoms with Crippen LogP contribution in [-0.2, 0) is 11.2 Å². The second-order valence-electron chi connectivity index (χ2n) is 6.67. The molecule has 1 aromatic rings. The molecule has 0 saturated carbocycles. The van der Waals surface area contributed by atoms with Gasteiger partial charge < -0.3 is 10.2 Å². The van der Waals surface area contributed by atoms with E-state index in [1.54, 1.807) is 0 Å². The van der Waals surface area contributed by atoms with Crippen molar-refractivity contribution in [3.05, 3.63) is 29.3 Å². The van der Waals surface area contributed by atoms with E-state index in [1.807, 2.05) is 4.90 Å². The molecule has 2 aliphatic rings. The fraction of sp³-hybridized carbons (Fsp3) is 0.611. The Morgan fingerprint density at radius 3 is 3.05 bits per heavy atom. The second kappa shape index (κ2) is 6.18. The SMILES string of the molecule is Cc1ccc2c(c1)CCCN2C(=O)CC1NCCCC1C. The Labute approximate surface area is 127 Å². The molecule has 3 heteroatoms. The molecule has 21 heavy (non-hydrogen) atoms. The Hall–Kier alpha value is -1.35. The average Bonchev–Trinajstić information content (AvgIpc) is 2.48. The number of benzene rings is 1. The largest absolute Gasteiger partial charge is 0.313 e. The van der Waals surface area contributed by atoms with Crippen molar-refractivity contribution in [2.75, 3.05) is 18.0 Å². The van der Waals surface area contributed by atoms with E-state index < -0.39 is 0 Å². The Balaban J connectivity index is 1.74. The minimum atomic E-state index is 0.283. The molecule has 2 heterocycles. The Bertz CT molecular complexity index is 526. The van der Waals surface area contributed by atoms with Crippen molar-refractivity contribution in [3.63, 3.8) is 0 Å². The molecule has 2 unspecified atom stereocenters. The van der Waals surface area contributed by atoms with Gasteiger partial charge in [-0.1, -0.05) is 24.6 Å². The molecule has 3 rings (SSSR count). The zero-order valence-electron chi connectivity index (χ0n) is 13.2. The van der Waals surface area contributed by atoms with Crippen LogP contribution in [0, 0.1) is 12.8 Å². The summed E-state index contributed by atoms with van der Waals surface area (Å²) < 4.78 is 0. The van der Waals surface area contributed by atoms with Crippen molar-refractivity contribution >= 4 is 11.6 Å². The van der Waals surface area contributed by atoms with Gasteiger partial charge in [0.25, 0.3) is 0 Å². The van der Waals surface area contributed by atoms with Crippen LogP contribution in [0.5, 0.6) is 0 Å². The lowest BCUT2D eigenvalue weighted by Crippen LogP contribution is -2.45. The predicted octanol–water partition coefficient (Wildman–Crippen LogP) is 3.05. The summed E-state index contributed by atoms with van der Waals surface area (Å²) in [5, 5.41) is 3.52. The van der Waals surface area contributed by atoms with Gasteiger partial charge in [0.2, 0.25) is 5.91 Å². The highest BCUT2D eigenvalue weighted by Gasteiger charge is 2.28. The lowest BCUT2D eigenvalue weighted by molar-refractivity contribution is -0.119. The number of fused-ring (bicyclic) bond motifs is 1. The van der Waals surface area contributed by atoms with Gasteiger partial charge in [-0.25, -0.2) is 0 Å². The zero-order valence-corrected chi connectivity index (χ0v) is 13.2. The summed E-state index contributed by atoms with van der Waals surface area (Å²) in [4.78, 5) is 14.8. The number of nitrogens with one attached hydrogen (secondary N) is 1. The molecule has 0 bridgehead atoms. The molecule has 1 N–H and O–H groups in total. The Morgan fingerprint density at radius 1 is 1.38 bits per heavy atom. The third-order valence-electron chi connectivity index (χ3n) is 4.98. The van der Waals surface area contributed by atoms with Gasteiger partial charge in [-0.15, -0.1) is 0 Å². The van der Waals surface area contributed by atoms with Crippen LogP contribution in [0.1, 0.15) is 43.7 Å². The van der Waals surface area contributed by atoms with Crippen LogP contribution in [0.15, 0.2) is 18.2 Å². The molecular formula is C18H26N2O. The number of carbonyl (C=O) groups is 1. The Kier molecular flexibility index (Phi) is 4.29. The van der Waals surface area contributed by atoms with Crippen LogP contribution in [0.2, 0.25) is 0 Å². The highest BCUT2D eigenvalue weighted by Crippen LogP contribution is 2.29. The minimum absolute atomic E-state index is 0.283. The molecular weight excluding hydrogens is 260 g/mol. The van der Waals surface area contributed by atoms with Crippen LogP contribution in [-0.4, -0.2) is 25.0 Å². The molecule has 0 spiro atoms. The normalized spacial score (nSPS) is 25.5. The van der Waals surface area contributed by atoms with Crippen LogP contribution in [0.3, 0.4) is 0 Å². The van der Waals surface area contributed by atoms with Gasteiger partial charge in [0.05, 0.1) is 0 Å². The average molecular weight is 286 g/mol. The highest BCUT2D eigenvalue weighted by molar-refractivity contribution is 5.95. The number of anilines is 1.